The Balaban J connectivity index is 0.00000288. The molecule has 2 N–H and O–H groups in total. The van der Waals surface area contributed by atoms with Crippen molar-refractivity contribution in [3.8, 4) is 0 Å². The standard InChI is InChI=1S/C17H26N4S2.HI/c1-4-21(5-2)16(15-7-9-23-13-15)11-20-17(18-3)19-10-14-6-8-22-12-14;/h6-9,12-13,16H,4-5,10-11H2,1-3H3,(H2,18,19,20);1H. The van der Waals surface area contributed by atoms with Crippen LogP contribution >= 0.6 is 46.7 Å². The molecule has 24 heavy (non-hydrogen) atoms. The molecule has 7 heteroatoms. The number of hydrogen-bond donors (Lipinski definition) is 2. The average Bonchev–Trinajstić information content (AvgIpc) is 3.27. The molecule has 2 rings (SSSR count). The normalized spacial score (nSPS) is 12.8. The van der Waals surface area contributed by atoms with Gasteiger partial charge in [0.1, 0.15) is 0 Å². The first kappa shape index (κ1) is 21.4. The van der Waals surface area contributed by atoms with Gasteiger partial charge < -0.3 is 10.6 Å². The fraction of sp³-hybridized carbons (Fsp3) is 0.471. The number of hydrogen-bond acceptors (Lipinski definition) is 4. The van der Waals surface area contributed by atoms with E-state index < -0.39 is 0 Å². The first-order valence-corrected chi connectivity index (χ1v) is 9.88. The molecule has 134 valence electrons. The van der Waals surface area contributed by atoms with E-state index in [1.807, 2.05) is 7.05 Å². The number of nitrogens with one attached hydrogen (secondary N) is 2. The maximum absolute atomic E-state index is 4.33. The van der Waals surface area contributed by atoms with Gasteiger partial charge in [-0.05, 0) is 57.9 Å². The molecular formula is C17H27IN4S2. The van der Waals surface area contributed by atoms with Crippen LogP contribution in [-0.4, -0.2) is 37.5 Å². The smallest absolute Gasteiger partial charge is 0.191 e. The minimum atomic E-state index is 0. The summed E-state index contributed by atoms with van der Waals surface area (Å²) < 4.78 is 0. The van der Waals surface area contributed by atoms with E-state index in [-0.39, 0.29) is 24.0 Å². The van der Waals surface area contributed by atoms with E-state index in [0.717, 1.165) is 32.1 Å². The number of thiophene rings is 2. The van der Waals surface area contributed by atoms with Crippen LogP contribution in [-0.2, 0) is 6.54 Å². The molecule has 0 radical (unpaired) electrons. The van der Waals surface area contributed by atoms with E-state index in [9.17, 15) is 0 Å². The minimum Gasteiger partial charge on any atom is -0.354 e. The SMILES string of the molecule is CCN(CC)C(CNC(=NC)NCc1ccsc1)c1ccsc1.I. The van der Waals surface area contributed by atoms with Crippen LogP contribution in [0.3, 0.4) is 0 Å². The van der Waals surface area contributed by atoms with Crippen LogP contribution in [0.25, 0.3) is 0 Å². The molecule has 2 aromatic heterocycles. The van der Waals surface area contributed by atoms with Crippen molar-refractivity contribution in [2.75, 3.05) is 26.7 Å². The van der Waals surface area contributed by atoms with E-state index >= 15 is 0 Å². The van der Waals surface area contributed by atoms with Crippen LogP contribution in [0.2, 0.25) is 0 Å². The van der Waals surface area contributed by atoms with Gasteiger partial charge in [0.05, 0.1) is 6.04 Å². The predicted molar refractivity (Wildman–Crippen MR) is 118 cm³/mol. The highest BCUT2D eigenvalue weighted by molar-refractivity contribution is 14.0. The molecule has 1 unspecified atom stereocenters. The zero-order chi connectivity index (χ0) is 16.5. The molecule has 0 fully saturated rings. The Morgan fingerprint density at radius 1 is 1.12 bits per heavy atom. The van der Waals surface area contributed by atoms with Crippen LogP contribution in [0.1, 0.15) is 31.0 Å². The Hall–Kier alpha value is -0.640. The second kappa shape index (κ2) is 11.8. The Morgan fingerprint density at radius 3 is 2.38 bits per heavy atom. The Bertz CT molecular complexity index is 565. The summed E-state index contributed by atoms with van der Waals surface area (Å²) in [4.78, 5) is 6.81. The van der Waals surface area contributed by atoms with Crippen LogP contribution in [0.4, 0.5) is 0 Å². The van der Waals surface area contributed by atoms with Gasteiger partial charge in [-0.2, -0.15) is 22.7 Å². The first-order valence-electron chi connectivity index (χ1n) is 8.00. The van der Waals surface area contributed by atoms with Gasteiger partial charge in [-0.15, -0.1) is 24.0 Å². The molecule has 0 bridgehead atoms. The summed E-state index contributed by atoms with van der Waals surface area (Å²) in [5, 5.41) is 15.5. The molecule has 0 aliphatic carbocycles. The van der Waals surface area contributed by atoms with E-state index in [0.29, 0.717) is 6.04 Å². The molecule has 4 nitrogen and oxygen atoms in total. The molecule has 0 aromatic carbocycles. The number of guanidine groups is 1. The fourth-order valence-electron chi connectivity index (χ4n) is 2.58. The number of likely N-dealkylation sites (N-methyl/N-ethyl adjacent to an activating group) is 1. The van der Waals surface area contributed by atoms with Crippen LogP contribution in [0.15, 0.2) is 38.6 Å². The van der Waals surface area contributed by atoms with E-state index in [4.69, 9.17) is 0 Å². The fourth-order valence-corrected chi connectivity index (χ4v) is 3.96. The van der Waals surface area contributed by atoms with Gasteiger partial charge in [0, 0.05) is 20.1 Å². The maximum atomic E-state index is 4.33. The van der Waals surface area contributed by atoms with Crippen molar-refractivity contribution >= 4 is 52.6 Å². The largest absolute Gasteiger partial charge is 0.354 e. The molecule has 0 aliphatic heterocycles. The number of rotatable bonds is 8. The molecule has 0 amide bonds. The van der Waals surface area contributed by atoms with Gasteiger partial charge in [-0.25, -0.2) is 0 Å². The lowest BCUT2D eigenvalue weighted by molar-refractivity contribution is 0.219. The molecule has 0 spiro atoms. The summed E-state index contributed by atoms with van der Waals surface area (Å²) in [6, 6.07) is 4.72. The Kier molecular flexibility index (Phi) is 10.6. The maximum Gasteiger partial charge on any atom is 0.191 e. The minimum absolute atomic E-state index is 0. The van der Waals surface area contributed by atoms with Gasteiger partial charge in [0.25, 0.3) is 0 Å². The van der Waals surface area contributed by atoms with Crippen LogP contribution in [0.5, 0.6) is 0 Å². The van der Waals surface area contributed by atoms with Gasteiger partial charge in [-0.3, -0.25) is 9.89 Å². The lowest BCUT2D eigenvalue weighted by atomic mass is 10.1. The molecule has 0 saturated carbocycles. The number of nitrogens with zero attached hydrogens (tertiary/aromatic N) is 2. The van der Waals surface area contributed by atoms with Gasteiger partial charge in [0.2, 0.25) is 0 Å². The third-order valence-corrected chi connectivity index (χ3v) is 5.34. The molecule has 0 saturated heterocycles. The molecule has 2 aromatic rings. The summed E-state index contributed by atoms with van der Waals surface area (Å²) in [6.07, 6.45) is 0. The lowest BCUT2D eigenvalue weighted by Gasteiger charge is -2.30. The summed E-state index contributed by atoms with van der Waals surface area (Å²) in [6.45, 7) is 8.16. The van der Waals surface area contributed by atoms with Crippen molar-refractivity contribution in [1.82, 2.24) is 15.5 Å². The summed E-state index contributed by atoms with van der Waals surface area (Å²) in [7, 11) is 1.82. The monoisotopic (exact) mass is 478 g/mol. The van der Waals surface area contributed by atoms with Crippen molar-refractivity contribution < 1.29 is 0 Å². The van der Waals surface area contributed by atoms with E-state index in [1.54, 1.807) is 22.7 Å². The highest BCUT2D eigenvalue weighted by Gasteiger charge is 2.18. The van der Waals surface area contributed by atoms with Crippen molar-refractivity contribution in [2.45, 2.75) is 26.4 Å². The van der Waals surface area contributed by atoms with Gasteiger partial charge in [-0.1, -0.05) is 13.8 Å². The van der Waals surface area contributed by atoms with Crippen LogP contribution < -0.4 is 10.6 Å². The van der Waals surface area contributed by atoms with Gasteiger partial charge in [0.15, 0.2) is 5.96 Å². The topological polar surface area (TPSA) is 39.7 Å². The number of aliphatic imine (C=N–C) groups is 1. The van der Waals surface area contributed by atoms with Crippen molar-refractivity contribution in [1.29, 1.82) is 0 Å². The molecule has 2 heterocycles. The third-order valence-electron chi connectivity index (χ3n) is 3.91. The number of halogens is 1. The third kappa shape index (κ3) is 6.34. The quantitative estimate of drug-likeness (QED) is 0.340. The molecule has 1 atom stereocenters. The van der Waals surface area contributed by atoms with E-state index in [2.05, 4.69) is 68.0 Å². The predicted octanol–water partition coefficient (Wildman–Crippen LogP) is 4.18. The van der Waals surface area contributed by atoms with Crippen LogP contribution in [0, 0.1) is 0 Å². The van der Waals surface area contributed by atoms with E-state index in [1.165, 1.54) is 11.1 Å². The zero-order valence-corrected chi connectivity index (χ0v) is 18.5. The second-order valence-corrected chi connectivity index (χ2v) is 6.79. The molecular weight excluding hydrogens is 451 g/mol. The highest BCUT2D eigenvalue weighted by atomic mass is 127. The first-order chi connectivity index (χ1) is 11.3. The second-order valence-electron chi connectivity index (χ2n) is 5.23. The van der Waals surface area contributed by atoms with Crippen molar-refractivity contribution in [3.05, 3.63) is 44.8 Å². The Labute approximate surface area is 170 Å². The summed E-state index contributed by atoms with van der Waals surface area (Å²) in [5.74, 6) is 0.851. The molecule has 0 aliphatic rings. The Morgan fingerprint density at radius 2 is 1.83 bits per heavy atom. The lowest BCUT2D eigenvalue weighted by Crippen LogP contribution is -2.42. The van der Waals surface area contributed by atoms with Crippen molar-refractivity contribution in [2.24, 2.45) is 4.99 Å². The van der Waals surface area contributed by atoms with Gasteiger partial charge >= 0.3 is 0 Å². The highest BCUT2D eigenvalue weighted by Crippen LogP contribution is 2.22. The summed E-state index contributed by atoms with van der Waals surface area (Å²) in [5.41, 5.74) is 2.66. The summed E-state index contributed by atoms with van der Waals surface area (Å²) >= 11 is 3.48. The zero-order valence-electron chi connectivity index (χ0n) is 14.5. The van der Waals surface area contributed by atoms with Crippen molar-refractivity contribution in [3.63, 3.8) is 0 Å². The average molecular weight is 478 g/mol.